The molecule has 1 atom stereocenters. The minimum atomic E-state index is -1.06. The highest BCUT2D eigenvalue weighted by Gasteiger charge is 2.22. The second-order valence-corrected chi connectivity index (χ2v) is 6.54. The molecular weight excluding hydrogens is 371 g/mol. The van der Waals surface area contributed by atoms with E-state index in [1.807, 2.05) is 42.5 Å². The second kappa shape index (κ2) is 8.26. The van der Waals surface area contributed by atoms with Crippen molar-refractivity contribution < 1.29 is 14.6 Å². The van der Waals surface area contributed by atoms with Crippen molar-refractivity contribution in [3.8, 4) is 16.9 Å². The highest BCUT2D eigenvalue weighted by atomic mass is 35.5. The summed E-state index contributed by atoms with van der Waals surface area (Å²) in [5.41, 5.74) is 2.75. The van der Waals surface area contributed by atoms with Crippen LogP contribution in [0.3, 0.4) is 0 Å². The van der Waals surface area contributed by atoms with Crippen molar-refractivity contribution in [2.45, 2.75) is 12.5 Å². The number of hydrogen-bond donors (Lipinski definition) is 1. The quantitative estimate of drug-likeness (QED) is 0.587. The lowest BCUT2D eigenvalue weighted by molar-refractivity contribution is -0.145. The van der Waals surface area contributed by atoms with Crippen LogP contribution in [0.1, 0.15) is 5.56 Å². The maximum atomic E-state index is 11.6. The van der Waals surface area contributed by atoms with Crippen molar-refractivity contribution in [3.05, 3.63) is 88.4 Å². The largest absolute Gasteiger partial charge is 0.478 e. The van der Waals surface area contributed by atoms with Crippen molar-refractivity contribution in [1.82, 2.24) is 0 Å². The first-order valence-corrected chi connectivity index (χ1v) is 8.78. The van der Waals surface area contributed by atoms with E-state index in [1.165, 1.54) is 0 Å². The van der Waals surface area contributed by atoms with Crippen molar-refractivity contribution in [2.24, 2.45) is 0 Å². The molecule has 0 aliphatic heterocycles. The Hall–Kier alpha value is -2.49. The molecule has 0 heterocycles. The van der Waals surface area contributed by atoms with E-state index >= 15 is 0 Å². The topological polar surface area (TPSA) is 46.5 Å². The van der Waals surface area contributed by atoms with Crippen LogP contribution >= 0.6 is 23.2 Å². The highest BCUT2D eigenvalue weighted by Crippen LogP contribution is 2.28. The first-order valence-electron chi connectivity index (χ1n) is 8.02. The smallest absolute Gasteiger partial charge is 0.345 e. The molecule has 0 aliphatic rings. The minimum absolute atomic E-state index is 0.120. The van der Waals surface area contributed by atoms with E-state index in [2.05, 4.69) is 0 Å². The molecule has 132 valence electrons. The third-order valence-electron chi connectivity index (χ3n) is 3.95. The van der Waals surface area contributed by atoms with Crippen LogP contribution in [0.25, 0.3) is 11.1 Å². The Kier molecular flexibility index (Phi) is 5.82. The molecule has 26 heavy (non-hydrogen) atoms. The second-order valence-electron chi connectivity index (χ2n) is 5.75. The Balaban J connectivity index is 1.76. The summed E-state index contributed by atoms with van der Waals surface area (Å²) < 4.78 is 5.66. The van der Waals surface area contributed by atoms with E-state index < -0.39 is 12.1 Å². The molecule has 0 aliphatic carbocycles. The predicted molar refractivity (Wildman–Crippen MR) is 104 cm³/mol. The third-order valence-corrected chi connectivity index (χ3v) is 4.81. The Labute approximate surface area is 161 Å². The van der Waals surface area contributed by atoms with Crippen molar-refractivity contribution in [2.75, 3.05) is 0 Å². The van der Waals surface area contributed by atoms with Crippen LogP contribution in [0.4, 0.5) is 0 Å². The van der Waals surface area contributed by atoms with Gasteiger partial charge in [0, 0.05) is 6.42 Å². The van der Waals surface area contributed by atoms with Crippen LogP contribution in [0.2, 0.25) is 10.0 Å². The zero-order chi connectivity index (χ0) is 18.5. The molecule has 0 amide bonds. The van der Waals surface area contributed by atoms with Gasteiger partial charge in [-0.15, -0.1) is 0 Å². The molecule has 0 fully saturated rings. The molecule has 3 rings (SSSR count). The maximum Gasteiger partial charge on any atom is 0.345 e. The number of rotatable bonds is 6. The molecule has 0 saturated heterocycles. The van der Waals surface area contributed by atoms with Crippen LogP contribution in [-0.4, -0.2) is 17.2 Å². The average molecular weight is 387 g/mol. The zero-order valence-corrected chi connectivity index (χ0v) is 15.2. The number of aliphatic carboxylic acids is 1. The fourth-order valence-corrected chi connectivity index (χ4v) is 3.00. The summed E-state index contributed by atoms with van der Waals surface area (Å²) in [5, 5.41) is 10.2. The van der Waals surface area contributed by atoms with Crippen molar-refractivity contribution in [3.63, 3.8) is 0 Å². The molecular formula is C21H16Cl2O3. The summed E-state index contributed by atoms with van der Waals surface area (Å²) >= 11 is 12.1. The predicted octanol–water partition coefficient (Wildman–Crippen LogP) is 5.74. The lowest BCUT2D eigenvalue weighted by Crippen LogP contribution is -2.29. The van der Waals surface area contributed by atoms with Gasteiger partial charge in [0.2, 0.25) is 0 Å². The molecule has 0 unspecified atom stereocenters. The van der Waals surface area contributed by atoms with E-state index in [4.69, 9.17) is 27.9 Å². The summed E-state index contributed by atoms with van der Waals surface area (Å²) in [7, 11) is 0. The van der Waals surface area contributed by atoms with Crippen LogP contribution < -0.4 is 4.74 Å². The van der Waals surface area contributed by atoms with Crippen molar-refractivity contribution in [1.29, 1.82) is 0 Å². The summed E-state index contributed by atoms with van der Waals surface area (Å²) in [4.78, 5) is 11.6. The summed E-state index contributed by atoms with van der Waals surface area (Å²) in [5.74, 6) is -0.580. The maximum absolute atomic E-state index is 11.6. The lowest BCUT2D eigenvalue weighted by atomic mass is 10.1. The van der Waals surface area contributed by atoms with E-state index in [-0.39, 0.29) is 6.42 Å². The molecule has 0 saturated carbocycles. The van der Waals surface area contributed by atoms with Crippen LogP contribution in [0.5, 0.6) is 5.75 Å². The number of carbonyl (C=O) groups is 1. The monoisotopic (exact) mass is 386 g/mol. The van der Waals surface area contributed by atoms with Gasteiger partial charge in [-0.1, -0.05) is 77.8 Å². The number of carboxylic acid groups (broad SMARTS) is 1. The number of benzene rings is 3. The third kappa shape index (κ3) is 4.37. The Morgan fingerprint density at radius 2 is 1.54 bits per heavy atom. The molecule has 0 bridgehead atoms. The van der Waals surface area contributed by atoms with Gasteiger partial charge >= 0.3 is 5.97 Å². The van der Waals surface area contributed by atoms with Gasteiger partial charge in [0.25, 0.3) is 0 Å². The first kappa shape index (κ1) is 18.3. The normalized spacial score (nSPS) is 11.8. The molecule has 3 nitrogen and oxygen atoms in total. The summed E-state index contributed by atoms with van der Waals surface area (Å²) in [6, 6.07) is 22.4. The Morgan fingerprint density at radius 3 is 2.19 bits per heavy atom. The molecule has 0 aromatic heterocycles. The van der Waals surface area contributed by atoms with Gasteiger partial charge < -0.3 is 9.84 Å². The summed E-state index contributed by atoms with van der Waals surface area (Å²) in [6.45, 7) is 0. The van der Waals surface area contributed by atoms with E-state index in [0.717, 1.165) is 11.1 Å². The fraction of sp³-hybridized carbons (Fsp3) is 0.0952. The number of carboxylic acids is 1. The molecule has 5 heteroatoms. The van der Waals surface area contributed by atoms with E-state index in [1.54, 1.807) is 30.3 Å². The Morgan fingerprint density at radius 1 is 0.885 bits per heavy atom. The van der Waals surface area contributed by atoms with Crippen LogP contribution in [0, 0.1) is 0 Å². The molecule has 0 radical (unpaired) electrons. The van der Waals surface area contributed by atoms with Gasteiger partial charge in [0.15, 0.2) is 6.10 Å². The number of ether oxygens (including phenoxy) is 1. The van der Waals surface area contributed by atoms with E-state index in [0.29, 0.717) is 21.4 Å². The zero-order valence-electron chi connectivity index (χ0n) is 13.7. The average Bonchev–Trinajstić information content (AvgIpc) is 2.66. The minimum Gasteiger partial charge on any atom is -0.478 e. The van der Waals surface area contributed by atoms with Gasteiger partial charge in [-0.2, -0.15) is 0 Å². The summed E-state index contributed by atoms with van der Waals surface area (Å²) in [6.07, 6.45) is -0.941. The standard InChI is InChI=1S/C21H16Cl2O3/c22-18-8-4-7-16(20(18)23)13-19(21(24)25)26-17-11-9-15(10-12-17)14-5-2-1-3-6-14/h1-12,19H,13H2,(H,24,25)/t19-/m0/s1. The molecule has 3 aromatic carbocycles. The van der Waals surface area contributed by atoms with Gasteiger partial charge in [0.1, 0.15) is 5.75 Å². The van der Waals surface area contributed by atoms with Gasteiger partial charge in [-0.25, -0.2) is 4.79 Å². The lowest BCUT2D eigenvalue weighted by Gasteiger charge is -2.16. The van der Waals surface area contributed by atoms with Gasteiger partial charge in [0.05, 0.1) is 10.0 Å². The SMILES string of the molecule is O=C(O)[C@H](Cc1cccc(Cl)c1Cl)Oc1ccc(-c2ccccc2)cc1. The van der Waals surface area contributed by atoms with Crippen molar-refractivity contribution >= 4 is 29.2 Å². The fourth-order valence-electron chi connectivity index (χ4n) is 2.61. The van der Waals surface area contributed by atoms with Gasteiger partial charge in [-0.3, -0.25) is 0 Å². The molecule has 1 N–H and O–H groups in total. The Bertz CT molecular complexity index is 893. The molecule has 3 aromatic rings. The highest BCUT2D eigenvalue weighted by molar-refractivity contribution is 6.42. The first-order chi connectivity index (χ1) is 12.5. The van der Waals surface area contributed by atoms with Gasteiger partial charge in [-0.05, 0) is 34.9 Å². The molecule has 0 spiro atoms. The van der Waals surface area contributed by atoms with Crippen LogP contribution in [0.15, 0.2) is 72.8 Å². The van der Waals surface area contributed by atoms with E-state index in [9.17, 15) is 9.90 Å². The number of hydrogen-bond acceptors (Lipinski definition) is 2. The van der Waals surface area contributed by atoms with Crippen LogP contribution in [-0.2, 0) is 11.2 Å². The number of halogens is 2.